The molecule has 0 aliphatic carbocycles. The topological polar surface area (TPSA) is 134 Å². The zero-order valence-electron chi connectivity index (χ0n) is 19.5. The van der Waals surface area contributed by atoms with Crippen molar-refractivity contribution in [1.29, 1.82) is 0 Å². The Labute approximate surface area is 184 Å². The van der Waals surface area contributed by atoms with Gasteiger partial charge in [0.05, 0.1) is 0 Å². The molecule has 0 aromatic heterocycles. The Hall–Kier alpha value is -2.65. The fraction of sp³-hybridized carbons (Fsp3) is 0.762. The average molecular weight is 443 g/mol. The van der Waals surface area contributed by atoms with Gasteiger partial charge in [-0.05, 0) is 40.5 Å². The van der Waals surface area contributed by atoms with Gasteiger partial charge in [-0.1, -0.05) is 0 Å². The van der Waals surface area contributed by atoms with Gasteiger partial charge in [0.1, 0.15) is 11.4 Å². The zero-order chi connectivity index (χ0) is 23.9. The molecule has 4 amide bonds. The SMILES string of the molecule is CC(=O)CCC(=O)NCCCN(CCCNC(C)=O)C(=O)CCNC(=O)OC(C)(C)C. The molecule has 0 aromatic rings. The number of Topliss-reactive ketones (excluding diaryl/α,β-unsaturated/α-hetero) is 1. The lowest BCUT2D eigenvalue weighted by atomic mass is 10.2. The average Bonchev–Trinajstić information content (AvgIpc) is 2.63. The highest BCUT2D eigenvalue weighted by molar-refractivity contribution is 5.83. The molecule has 0 spiro atoms. The van der Waals surface area contributed by atoms with Crippen LogP contribution in [0.25, 0.3) is 0 Å². The number of rotatable bonds is 14. The predicted octanol–water partition coefficient (Wildman–Crippen LogP) is 1.13. The number of hydrogen-bond acceptors (Lipinski definition) is 6. The third kappa shape index (κ3) is 17.9. The number of ether oxygens (including phenoxy) is 1. The summed E-state index contributed by atoms with van der Waals surface area (Å²) in [6.45, 7) is 10.0. The standard InChI is InChI=1S/C21H38N4O6/c1-16(26)8-9-18(28)23-12-7-15-25(14-6-11-22-17(2)27)19(29)10-13-24-20(30)31-21(3,4)5/h6-15H2,1-5H3,(H,22,27)(H,23,28)(H,24,30). The lowest BCUT2D eigenvalue weighted by Gasteiger charge is -2.23. The van der Waals surface area contributed by atoms with Crippen molar-refractivity contribution in [3.05, 3.63) is 0 Å². The van der Waals surface area contributed by atoms with Crippen LogP contribution < -0.4 is 16.0 Å². The van der Waals surface area contributed by atoms with Crippen molar-refractivity contribution in [1.82, 2.24) is 20.9 Å². The van der Waals surface area contributed by atoms with Gasteiger partial charge in [0, 0.05) is 58.9 Å². The summed E-state index contributed by atoms with van der Waals surface area (Å²) < 4.78 is 5.14. The molecular formula is C21H38N4O6. The number of amides is 4. The summed E-state index contributed by atoms with van der Waals surface area (Å²) in [6.07, 6.45) is 1.05. The molecular weight excluding hydrogens is 404 g/mol. The molecule has 0 rings (SSSR count). The van der Waals surface area contributed by atoms with Crippen LogP contribution in [-0.2, 0) is 23.9 Å². The monoisotopic (exact) mass is 442 g/mol. The number of nitrogens with zero attached hydrogens (tertiary/aromatic N) is 1. The Morgan fingerprint density at radius 2 is 1.35 bits per heavy atom. The molecule has 0 saturated heterocycles. The minimum absolute atomic E-state index is 0.0360. The van der Waals surface area contributed by atoms with E-state index in [1.807, 2.05) is 0 Å². The maximum atomic E-state index is 12.6. The minimum Gasteiger partial charge on any atom is -0.444 e. The van der Waals surface area contributed by atoms with E-state index in [-0.39, 0.29) is 49.3 Å². The van der Waals surface area contributed by atoms with Crippen molar-refractivity contribution in [2.45, 2.75) is 72.3 Å². The van der Waals surface area contributed by atoms with Crippen LogP contribution in [0.2, 0.25) is 0 Å². The van der Waals surface area contributed by atoms with Gasteiger partial charge in [0.2, 0.25) is 17.7 Å². The number of carbonyl (C=O) groups excluding carboxylic acids is 5. The van der Waals surface area contributed by atoms with E-state index in [4.69, 9.17) is 4.74 Å². The summed E-state index contributed by atoms with van der Waals surface area (Å²) in [4.78, 5) is 59.5. The van der Waals surface area contributed by atoms with E-state index in [1.54, 1.807) is 25.7 Å². The van der Waals surface area contributed by atoms with Gasteiger partial charge in [-0.25, -0.2) is 4.79 Å². The molecule has 10 heteroatoms. The van der Waals surface area contributed by atoms with Crippen LogP contribution in [0.1, 0.15) is 66.7 Å². The van der Waals surface area contributed by atoms with Crippen molar-refractivity contribution in [3.63, 3.8) is 0 Å². The van der Waals surface area contributed by atoms with Gasteiger partial charge < -0.3 is 30.4 Å². The van der Waals surface area contributed by atoms with E-state index < -0.39 is 11.7 Å². The molecule has 0 radical (unpaired) electrons. The van der Waals surface area contributed by atoms with Crippen LogP contribution in [0, 0.1) is 0 Å². The van der Waals surface area contributed by atoms with E-state index in [0.717, 1.165) is 0 Å². The highest BCUT2D eigenvalue weighted by Crippen LogP contribution is 2.06. The quantitative estimate of drug-likeness (QED) is 0.345. The molecule has 0 aliphatic rings. The zero-order valence-corrected chi connectivity index (χ0v) is 19.5. The first-order valence-electron chi connectivity index (χ1n) is 10.7. The first-order valence-corrected chi connectivity index (χ1v) is 10.7. The predicted molar refractivity (Wildman–Crippen MR) is 116 cm³/mol. The normalized spacial score (nSPS) is 10.7. The lowest BCUT2D eigenvalue weighted by molar-refractivity contribution is -0.131. The number of carbonyl (C=O) groups is 5. The Bertz CT molecular complexity index is 615. The number of ketones is 1. The lowest BCUT2D eigenvalue weighted by Crippen LogP contribution is -2.39. The Kier molecular flexibility index (Phi) is 13.9. The molecule has 0 heterocycles. The Morgan fingerprint density at radius 1 is 0.774 bits per heavy atom. The summed E-state index contributed by atoms with van der Waals surface area (Å²) in [5.74, 6) is -0.499. The first kappa shape index (κ1) is 28.4. The second-order valence-electron chi connectivity index (χ2n) is 8.30. The molecule has 0 atom stereocenters. The van der Waals surface area contributed by atoms with Gasteiger partial charge in [-0.3, -0.25) is 14.4 Å². The van der Waals surface area contributed by atoms with Crippen molar-refractivity contribution in [2.24, 2.45) is 0 Å². The fourth-order valence-corrected chi connectivity index (χ4v) is 2.52. The van der Waals surface area contributed by atoms with Gasteiger partial charge in [0.25, 0.3) is 0 Å². The van der Waals surface area contributed by atoms with E-state index in [1.165, 1.54) is 13.8 Å². The van der Waals surface area contributed by atoms with Crippen molar-refractivity contribution in [2.75, 3.05) is 32.7 Å². The summed E-state index contributed by atoms with van der Waals surface area (Å²) in [5, 5.41) is 7.99. The fourth-order valence-electron chi connectivity index (χ4n) is 2.52. The highest BCUT2D eigenvalue weighted by Gasteiger charge is 2.17. The third-order valence-electron chi connectivity index (χ3n) is 3.97. The smallest absolute Gasteiger partial charge is 0.407 e. The van der Waals surface area contributed by atoms with Crippen LogP contribution in [-0.4, -0.2) is 72.8 Å². The molecule has 10 nitrogen and oxygen atoms in total. The highest BCUT2D eigenvalue weighted by atomic mass is 16.6. The largest absolute Gasteiger partial charge is 0.444 e. The molecule has 0 bridgehead atoms. The van der Waals surface area contributed by atoms with Crippen molar-refractivity contribution < 1.29 is 28.7 Å². The van der Waals surface area contributed by atoms with E-state index >= 15 is 0 Å². The van der Waals surface area contributed by atoms with E-state index in [0.29, 0.717) is 39.0 Å². The second kappa shape index (κ2) is 15.2. The van der Waals surface area contributed by atoms with Crippen LogP contribution in [0.5, 0.6) is 0 Å². The molecule has 0 fully saturated rings. The van der Waals surface area contributed by atoms with Crippen molar-refractivity contribution in [3.8, 4) is 0 Å². The third-order valence-corrected chi connectivity index (χ3v) is 3.97. The van der Waals surface area contributed by atoms with E-state index in [9.17, 15) is 24.0 Å². The second-order valence-corrected chi connectivity index (χ2v) is 8.30. The van der Waals surface area contributed by atoms with Gasteiger partial charge in [-0.2, -0.15) is 0 Å². The summed E-state index contributed by atoms with van der Waals surface area (Å²) >= 11 is 0. The first-order chi connectivity index (χ1) is 14.4. The molecule has 0 aromatic carbocycles. The summed E-state index contributed by atoms with van der Waals surface area (Å²) in [5.41, 5.74) is -0.612. The maximum absolute atomic E-state index is 12.6. The number of hydrogen-bond donors (Lipinski definition) is 3. The molecule has 31 heavy (non-hydrogen) atoms. The number of nitrogens with one attached hydrogen (secondary N) is 3. The molecule has 0 unspecified atom stereocenters. The van der Waals surface area contributed by atoms with Crippen molar-refractivity contribution >= 4 is 29.6 Å². The maximum Gasteiger partial charge on any atom is 0.407 e. The van der Waals surface area contributed by atoms with Crippen LogP contribution in [0.3, 0.4) is 0 Å². The Balaban J connectivity index is 4.44. The molecule has 3 N–H and O–H groups in total. The minimum atomic E-state index is -0.612. The van der Waals surface area contributed by atoms with E-state index in [2.05, 4.69) is 16.0 Å². The van der Waals surface area contributed by atoms with Gasteiger partial charge in [0.15, 0.2) is 0 Å². The van der Waals surface area contributed by atoms with Gasteiger partial charge in [-0.15, -0.1) is 0 Å². The summed E-state index contributed by atoms with van der Waals surface area (Å²) in [7, 11) is 0. The van der Waals surface area contributed by atoms with Gasteiger partial charge >= 0.3 is 6.09 Å². The Morgan fingerprint density at radius 3 is 1.87 bits per heavy atom. The van der Waals surface area contributed by atoms with Crippen LogP contribution >= 0.6 is 0 Å². The number of alkyl carbamates (subject to hydrolysis) is 1. The van der Waals surface area contributed by atoms with Crippen LogP contribution in [0.15, 0.2) is 0 Å². The molecule has 0 saturated carbocycles. The summed E-state index contributed by atoms with van der Waals surface area (Å²) in [6, 6.07) is 0. The van der Waals surface area contributed by atoms with Crippen LogP contribution in [0.4, 0.5) is 4.79 Å². The molecule has 0 aliphatic heterocycles. The molecule has 178 valence electrons.